The van der Waals surface area contributed by atoms with Gasteiger partial charge in [-0.2, -0.15) is 9.67 Å². The predicted octanol–water partition coefficient (Wildman–Crippen LogP) is 4.26. The van der Waals surface area contributed by atoms with Crippen LogP contribution in [-0.4, -0.2) is 26.6 Å². The van der Waals surface area contributed by atoms with Gasteiger partial charge in [0.2, 0.25) is 10.9 Å². The Bertz CT molecular complexity index is 1360. The molecule has 0 bridgehead atoms. The molecule has 0 saturated carbocycles. The van der Waals surface area contributed by atoms with Crippen molar-refractivity contribution in [3.8, 4) is 5.69 Å². The lowest BCUT2D eigenvalue weighted by molar-refractivity contribution is 0.101. The predicted molar refractivity (Wildman–Crippen MR) is 122 cm³/mol. The van der Waals surface area contributed by atoms with Crippen LogP contribution < -0.4 is 15.5 Å². The van der Waals surface area contributed by atoms with E-state index in [4.69, 9.17) is 5.53 Å². The quantitative estimate of drug-likeness (QED) is 0.305. The van der Waals surface area contributed by atoms with Crippen LogP contribution >= 0.6 is 0 Å². The van der Waals surface area contributed by atoms with Crippen LogP contribution in [0.25, 0.3) is 5.69 Å². The summed E-state index contributed by atoms with van der Waals surface area (Å²) in [6.07, 6.45) is 0. The van der Waals surface area contributed by atoms with E-state index < -0.39 is 5.91 Å². The Morgan fingerprint density at radius 1 is 0.909 bits per heavy atom. The lowest BCUT2D eigenvalue weighted by Crippen LogP contribution is -2.17. The maximum Gasteiger partial charge on any atom is 0.258 e. The molecule has 0 aliphatic rings. The fraction of sp³-hybridized carbons (Fsp3) is 0.0435. The normalized spacial score (nSPS) is 10.2. The third-order valence-electron chi connectivity index (χ3n) is 4.74. The minimum absolute atomic E-state index is 0.0267. The smallest absolute Gasteiger partial charge is 0.258 e. The van der Waals surface area contributed by atoms with Gasteiger partial charge in [0.05, 0.1) is 5.69 Å². The summed E-state index contributed by atoms with van der Waals surface area (Å²) in [7, 11) is 0. The number of hydrogen-bond acceptors (Lipinski definition) is 6. The van der Waals surface area contributed by atoms with Crippen LogP contribution in [0, 0.1) is 12.5 Å². The second-order valence-electron chi connectivity index (χ2n) is 6.98. The number of nitrogens with zero attached hydrogens (tertiary/aromatic N) is 5. The van der Waals surface area contributed by atoms with Crippen molar-refractivity contribution in [2.45, 2.75) is 6.92 Å². The van der Waals surface area contributed by atoms with Gasteiger partial charge in [-0.25, -0.2) is 0 Å². The van der Waals surface area contributed by atoms with Crippen molar-refractivity contribution in [2.75, 3.05) is 10.6 Å². The van der Waals surface area contributed by atoms with E-state index in [1.165, 1.54) is 4.68 Å². The first-order valence-corrected chi connectivity index (χ1v) is 9.93. The summed E-state index contributed by atoms with van der Waals surface area (Å²) < 4.78 is 1.45. The maximum atomic E-state index is 12.8. The van der Waals surface area contributed by atoms with Gasteiger partial charge in [0.15, 0.2) is 10.8 Å². The minimum atomic E-state index is -0.439. The van der Waals surface area contributed by atoms with Crippen LogP contribution in [0.1, 0.15) is 26.3 Å². The highest BCUT2D eigenvalue weighted by atomic mass is 16.2. The summed E-state index contributed by atoms with van der Waals surface area (Å²) in [5.41, 5.74) is 9.56. The molecule has 0 aliphatic heterocycles. The zero-order valence-corrected chi connectivity index (χ0v) is 17.6. The fourth-order valence-corrected chi connectivity index (χ4v) is 3.10. The van der Waals surface area contributed by atoms with Crippen LogP contribution in [0.3, 0.4) is 0 Å². The molecule has 10 heteroatoms. The van der Waals surface area contributed by atoms with Gasteiger partial charge in [0, 0.05) is 11.1 Å². The van der Waals surface area contributed by atoms with Crippen molar-refractivity contribution < 1.29 is 9.59 Å². The number of anilines is 2. The zero-order valence-electron chi connectivity index (χ0n) is 17.6. The largest absolute Gasteiger partial charge is 0.290 e. The monoisotopic (exact) mass is 439 g/mol. The molecule has 0 atom stereocenters. The van der Waals surface area contributed by atoms with Crippen molar-refractivity contribution in [3.05, 3.63) is 95.6 Å². The van der Waals surface area contributed by atoms with Crippen molar-refractivity contribution in [2.24, 2.45) is 5.11 Å². The molecule has 33 heavy (non-hydrogen) atoms. The standard InChI is InChI=1S/C23H18N8O2/c1-15-7-5-6-10-19(15)21(33)26-23-27-22(29-31(23)18-8-3-2-4-9-18)25-20(32)16-11-13-17(14-12-16)28-30-24/h2-14H,1H3,(H2-,24,25,26,27,28,29,32,33)/p+1. The third-order valence-corrected chi connectivity index (χ3v) is 4.74. The van der Waals surface area contributed by atoms with Gasteiger partial charge >= 0.3 is 0 Å². The minimum Gasteiger partial charge on any atom is -0.290 e. The molecule has 3 N–H and O–H groups in total. The fourth-order valence-electron chi connectivity index (χ4n) is 3.10. The zero-order chi connectivity index (χ0) is 23.2. The highest BCUT2D eigenvalue weighted by molar-refractivity contribution is 6.05. The van der Waals surface area contributed by atoms with Crippen LogP contribution in [0.5, 0.6) is 0 Å². The summed E-state index contributed by atoms with van der Waals surface area (Å²) in [5.74, 6) is -0.587. The van der Waals surface area contributed by atoms with Crippen LogP contribution in [-0.2, 0) is 0 Å². The molecular weight excluding hydrogens is 420 g/mol. The van der Waals surface area contributed by atoms with Crippen LogP contribution in [0.2, 0.25) is 0 Å². The highest BCUT2D eigenvalue weighted by Gasteiger charge is 2.18. The highest BCUT2D eigenvalue weighted by Crippen LogP contribution is 2.19. The first kappa shape index (κ1) is 21.3. The molecule has 0 fully saturated rings. The van der Waals surface area contributed by atoms with E-state index in [0.717, 1.165) is 5.56 Å². The topological polar surface area (TPSA) is 139 Å². The molecule has 0 spiro atoms. The first-order chi connectivity index (χ1) is 16.0. The van der Waals surface area contributed by atoms with Gasteiger partial charge in [-0.1, -0.05) is 36.4 Å². The third kappa shape index (κ3) is 4.87. The molecule has 1 heterocycles. The molecule has 3 aromatic carbocycles. The number of rotatable bonds is 6. The van der Waals surface area contributed by atoms with Gasteiger partial charge in [0.25, 0.3) is 17.8 Å². The lowest BCUT2D eigenvalue weighted by atomic mass is 10.1. The number of aryl methyl sites for hydroxylation is 1. The summed E-state index contributed by atoms with van der Waals surface area (Å²) >= 11 is 0. The van der Waals surface area contributed by atoms with Gasteiger partial charge in [-0.3, -0.25) is 20.2 Å². The molecular formula is C23H19N8O2+. The Morgan fingerprint density at radius 2 is 1.61 bits per heavy atom. The number of amides is 2. The second-order valence-corrected chi connectivity index (χ2v) is 6.98. The number of para-hydroxylation sites is 1. The number of nitrogens with one attached hydrogen (secondary N) is 3. The van der Waals surface area contributed by atoms with Crippen molar-refractivity contribution >= 4 is 29.4 Å². The maximum absolute atomic E-state index is 12.8. The Labute approximate surface area is 188 Å². The Kier molecular flexibility index (Phi) is 6.10. The average molecular weight is 439 g/mol. The van der Waals surface area contributed by atoms with Crippen LogP contribution in [0.15, 0.2) is 84.0 Å². The second kappa shape index (κ2) is 9.46. The number of hydrogen-bond donors (Lipinski definition) is 3. The van der Waals surface area contributed by atoms with Gasteiger partial charge in [-0.15, -0.1) is 5.10 Å². The number of carbonyl (C=O) groups excluding carboxylic acids is 2. The van der Waals surface area contributed by atoms with E-state index in [9.17, 15) is 9.59 Å². The first-order valence-electron chi connectivity index (χ1n) is 9.93. The van der Waals surface area contributed by atoms with E-state index in [-0.39, 0.29) is 17.8 Å². The average Bonchev–Trinajstić information content (AvgIpc) is 3.22. The molecule has 4 aromatic rings. The van der Waals surface area contributed by atoms with Gasteiger partial charge < -0.3 is 0 Å². The van der Waals surface area contributed by atoms with Crippen LogP contribution in [0.4, 0.5) is 17.6 Å². The molecule has 4 rings (SSSR count). The van der Waals surface area contributed by atoms with Gasteiger partial charge in [-0.05, 0) is 55.0 Å². The molecule has 162 valence electrons. The molecule has 0 radical (unpaired) electrons. The SMILES string of the molecule is Cc1ccccc1C(=O)Nc1nc(NC(=O)c2ccc(N=[N+]=N)cc2)nn1-c1ccccc1. The number of carbonyl (C=O) groups is 2. The molecule has 1 aromatic heterocycles. The lowest BCUT2D eigenvalue weighted by Gasteiger charge is -2.08. The Morgan fingerprint density at radius 3 is 2.30 bits per heavy atom. The van der Waals surface area contributed by atoms with Gasteiger partial charge in [0.1, 0.15) is 5.53 Å². The van der Waals surface area contributed by atoms with E-state index in [0.29, 0.717) is 22.5 Å². The number of aromatic nitrogens is 3. The molecule has 0 aliphatic carbocycles. The van der Waals surface area contributed by atoms with E-state index in [2.05, 4.69) is 30.7 Å². The molecule has 10 nitrogen and oxygen atoms in total. The van der Waals surface area contributed by atoms with E-state index >= 15 is 0 Å². The molecule has 0 saturated heterocycles. The number of benzene rings is 3. The Balaban J connectivity index is 1.62. The van der Waals surface area contributed by atoms with Crippen molar-refractivity contribution in [1.82, 2.24) is 19.7 Å². The summed E-state index contributed by atoms with van der Waals surface area (Å²) in [6, 6.07) is 22.6. The summed E-state index contributed by atoms with van der Waals surface area (Å²) in [4.78, 5) is 32.8. The Hall–Kier alpha value is -4.95. The van der Waals surface area contributed by atoms with Crippen molar-refractivity contribution in [1.29, 1.82) is 5.53 Å². The van der Waals surface area contributed by atoms with E-state index in [1.54, 1.807) is 36.4 Å². The summed E-state index contributed by atoms with van der Waals surface area (Å²) in [6.45, 7) is 1.85. The van der Waals surface area contributed by atoms with E-state index in [1.807, 2.05) is 49.4 Å². The molecule has 2 amide bonds. The van der Waals surface area contributed by atoms with Crippen molar-refractivity contribution in [3.63, 3.8) is 0 Å². The molecule has 0 unspecified atom stereocenters. The summed E-state index contributed by atoms with van der Waals surface area (Å²) in [5, 5.41) is 13.4.